The van der Waals surface area contributed by atoms with Gasteiger partial charge in [0.05, 0.1) is 24.6 Å². The van der Waals surface area contributed by atoms with Crippen LogP contribution in [0.3, 0.4) is 0 Å². The molecule has 2 unspecified atom stereocenters. The molecule has 1 saturated carbocycles. The van der Waals surface area contributed by atoms with E-state index in [1.54, 1.807) is 10.9 Å². The first-order chi connectivity index (χ1) is 10.2. The van der Waals surface area contributed by atoms with Crippen LogP contribution in [0.1, 0.15) is 42.2 Å². The van der Waals surface area contributed by atoms with Gasteiger partial charge in [0, 0.05) is 26.2 Å². The number of hydrogen-bond acceptors (Lipinski definition) is 5. The highest BCUT2D eigenvalue weighted by Gasteiger charge is 2.40. The van der Waals surface area contributed by atoms with Crippen molar-refractivity contribution in [2.24, 2.45) is 13.0 Å². The predicted octanol–water partition coefficient (Wildman–Crippen LogP) is 1.25. The van der Waals surface area contributed by atoms with Crippen LogP contribution in [-0.2, 0) is 23.1 Å². The highest BCUT2D eigenvalue weighted by molar-refractivity contribution is 5.90. The number of hydrogen-bond donors (Lipinski definition) is 1. The highest BCUT2D eigenvalue weighted by atomic mass is 16.5. The molecule has 1 aliphatic carbocycles. The quantitative estimate of drug-likeness (QED) is 0.800. The van der Waals surface area contributed by atoms with Gasteiger partial charge in [-0.2, -0.15) is 5.10 Å². The maximum Gasteiger partial charge on any atom is 0.341 e. The Kier molecular flexibility index (Phi) is 4.26. The lowest BCUT2D eigenvalue weighted by molar-refractivity contribution is 0.0524. The minimum Gasteiger partial charge on any atom is -0.462 e. The molecule has 1 aliphatic heterocycles. The predicted molar refractivity (Wildman–Crippen MR) is 76.9 cm³/mol. The molecule has 2 fully saturated rings. The largest absolute Gasteiger partial charge is 0.462 e. The Bertz CT molecular complexity index is 510. The Morgan fingerprint density at radius 1 is 1.52 bits per heavy atom. The van der Waals surface area contributed by atoms with Crippen LogP contribution >= 0.6 is 0 Å². The second kappa shape index (κ2) is 6.15. The van der Waals surface area contributed by atoms with Crippen molar-refractivity contribution in [3.05, 3.63) is 17.5 Å². The standard InChI is InChI=1S/C15H23N3O3/c1-3-20-15(19)11-8-17-18(2)13(11)9-16-12-6-7-21-14(12)10-4-5-10/h8,10,12,14,16H,3-7,9H2,1-2H3. The van der Waals surface area contributed by atoms with Gasteiger partial charge in [0.1, 0.15) is 5.56 Å². The summed E-state index contributed by atoms with van der Waals surface area (Å²) in [6, 6.07) is 0.377. The third-order valence-corrected chi connectivity index (χ3v) is 4.31. The number of carbonyl (C=O) groups is 1. The summed E-state index contributed by atoms with van der Waals surface area (Å²) in [5.41, 5.74) is 1.42. The summed E-state index contributed by atoms with van der Waals surface area (Å²) in [5.74, 6) is 0.421. The van der Waals surface area contributed by atoms with Crippen molar-refractivity contribution in [2.75, 3.05) is 13.2 Å². The van der Waals surface area contributed by atoms with Crippen LogP contribution in [0.2, 0.25) is 0 Å². The summed E-state index contributed by atoms with van der Waals surface area (Å²) in [6.07, 6.45) is 5.52. The minimum absolute atomic E-state index is 0.302. The molecule has 116 valence electrons. The van der Waals surface area contributed by atoms with Gasteiger partial charge in [-0.1, -0.05) is 0 Å². The van der Waals surface area contributed by atoms with Crippen LogP contribution in [0.5, 0.6) is 0 Å². The molecule has 1 aromatic rings. The van der Waals surface area contributed by atoms with Gasteiger partial charge in [-0.3, -0.25) is 4.68 Å². The van der Waals surface area contributed by atoms with Crippen LogP contribution in [-0.4, -0.2) is 41.1 Å². The molecule has 0 spiro atoms. The van der Waals surface area contributed by atoms with E-state index in [2.05, 4.69) is 10.4 Å². The molecule has 21 heavy (non-hydrogen) atoms. The second-order valence-corrected chi connectivity index (χ2v) is 5.80. The first-order valence-electron chi connectivity index (χ1n) is 7.73. The first-order valence-corrected chi connectivity index (χ1v) is 7.73. The Hall–Kier alpha value is -1.40. The normalized spacial score (nSPS) is 25.2. The van der Waals surface area contributed by atoms with E-state index in [9.17, 15) is 4.79 Å². The van der Waals surface area contributed by atoms with E-state index in [4.69, 9.17) is 9.47 Å². The number of carbonyl (C=O) groups excluding carboxylic acids is 1. The average molecular weight is 293 g/mol. The molecule has 0 amide bonds. The van der Waals surface area contributed by atoms with Crippen LogP contribution < -0.4 is 5.32 Å². The molecule has 1 aromatic heterocycles. The number of ether oxygens (including phenoxy) is 2. The molecule has 1 N–H and O–H groups in total. The number of aromatic nitrogens is 2. The van der Waals surface area contributed by atoms with Gasteiger partial charge in [-0.25, -0.2) is 4.79 Å². The van der Waals surface area contributed by atoms with Gasteiger partial charge in [-0.05, 0) is 32.1 Å². The lowest BCUT2D eigenvalue weighted by Crippen LogP contribution is -2.37. The van der Waals surface area contributed by atoms with Crippen molar-refractivity contribution in [2.45, 2.75) is 44.9 Å². The van der Waals surface area contributed by atoms with Crippen LogP contribution in [0.25, 0.3) is 0 Å². The van der Waals surface area contributed by atoms with Gasteiger partial charge in [0.2, 0.25) is 0 Å². The number of nitrogens with one attached hydrogen (secondary N) is 1. The molecule has 6 heteroatoms. The smallest absolute Gasteiger partial charge is 0.341 e. The number of rotatable bonds is 6. The monoisotopic (exact) mass is 293 g/mol. The van der Waals surface area contributed by atoms with E-state index in [0.29, 0.717) is 30.9 Å². The Morgan fingerprint density at radius 3 is 3.05 bits per heavy atom. The molecule has 6 nitrogen and oxygen atoms in total. The van der Waals surface area contributed by atoms with Crippen LogP contribution in [0, 0.1) is 5.92 Å². The van der Waals surface area contributed by atoms with Gasteiger partial charge in [-0.15, -0.1) is 0 Å². The zero-order valence-corrected chi connectivity index (χ0v) is 12.7. The van der Waals surface area contributed by atoms with Crippen molar-refractivity contribution < 1.29 is 14.3 Å². The van der Waals surface area contributed by atoms with Crippen molar-refractivity contribution in [1.29, 1.82) is 0 Å². The lowest BCUT2D eigenvalue weighted by Gasteiger charge is -2.19. The van der Waals surface area contributed by atoms with E-state index in [1.807, 2.05) is 14.0 Å². The summed E-state index contributed by atoms with van der Waals surface area (Å²) < 4.78 is 12.6. The molecule has 0 bridgehead atoms. The van der Waals surface area contributed by atoms with Crippen molar-refractivity contribution in [3.8, 4) is 0 Å². The SMILES string of the molecule is CCOC(=O)c1cnn(C)c1CNC1CCOC1C1CC1. The van der Waals surface area contributed by atoms with E-state index in [0.717, 1.165) is 24.6 Å². The first kappa shape index (κ1) is 14.5. The zero-order valence-electron chi connectivity index (χ0n) is 12.7. The number of nitrogens with zero attached hydrogens (tertiary/aromatic N) is 2. The van der Waals surface area contributed by atoms with Crippen LogP contribution in [0.15, 0.2) is 6.20 Å². The highest BCUT2D eigenvalue weighted by Crippen LogP contribution is 2.38. The van der Waals surface area contributed by atoms with E-state index in [-0.39, 0.29) is 5.97 Å². The Morgan fingerprint density at radius 2 is 2.33 bits per heavy atom. The molecule has 0 aromatic carbocycles. The van der Waals surface area contributed by atoms with Crippen LogP contribution in [0.4, 0.5) is 0 Å². The molecule has 2 aliphatic rings. The maximum absolute atomic E-state index is 11.9. The van der Waals surface area contributed by atoms with Gasteiger partial charge >= 0.3 is 5.97 Å². The van der Waals surface area contributed by atoms with E-state index >= 15 is 0 Å². The Labute approximate surface area is 124 Å². The second-order valence-electron chi connectivity index (χ2n) is 5.80. The fourth-order valence-corrected chi connectivity index (χ4v) is 3.00. The lowest BCUT2D eigenvalue weighted by atomic mass is 10.1. The molecular formula is C15H23N3O3. The number of aryl methyl sites for hydroxylation is 1. The third-order valence-electron chi connectivity index (χ3n) is 4.31. The number of esters is 1. The molecule has 2 atom stereocenters. The third kappa shape index (κ3) is 3.11. The maximum atomic E-state index is 11.9. The Balaban J connectivity index is 1.64. The minimum atomic E-state index is -0.302. The van der Waals surface area contributed by atoms with Gasteiger partial charge in [0.25, 0.3) is 0 Å². The van der Waals surface area contributed by atoms with Gasteiger partial charge in [0.15, 0.2) is 0 Å². The summed E-state index contributed by atoms with van der Waals surface area (Å²) in [4.78, 5) is 11.9. The van der Waals surface area contributed by atoms with Crippen molar-refractivity contribution in [3.63, 3.8) is 0 Å². The van der Waals surface area contributed by atoms with E-state index < -0.39 is 0 Å². The zero-order chi connectivity index (χ0) is 14.8. The average Bonchev–Trinajstić information content (AvgIpc) is 3.09. The van der Waals surface area contributed by atoms with Crippen molar-refractivity contribution in [1.82, 2.24) is 15.1 Å². The topological polar surface area (TPSA) is 65.4 Å². The summed E-state index contributed by atoms with van der Waals surface area (Å²) in [7, 11) is 1.85. The molecule has 3 rings (SSSR count). The van der Waals surface area contributed by atoms with Crippen molar-refractivity contribution >= 4 is 5.97 Å². The van der Waals surface area contributed by atoms with Gasteiger partial charge < -0.3 is 14.8 Å². The molecule has 0 radical (unpaired) electrons. The summed E-state index contributed by atoms with van der Waals surface area (Å²) in [6.45, 7) is 3.62. The summed E-state index contributed by atoms with van der Waals surface area (Å²) >= 11 is 0. The fourth-order valence-electron chi connectivity index (χ4n) is 3.00. The summed E-state index contributed by atoms with van der Waals surface area (Å²) in [5, 5.41) is 7.72. The van der Waals surface area contributed by atoms with E-state index in [1.165, 1.54) is 12.8 Å². The molecule has 2 heterocycles. The fraction of sp³-hybridized carbons (Fsp3) is 0.733. The molecule has 1 saturated heterocycles. The molecular weight excluding hydrogens is 270 g/mol.